The number of hydrogen-bond acceptors (Lipinski definition) is 4. The van der Waals surface area contributed by atoms with E-state index in [1.807, 2.05) is 28.2 Å². The van der Waals surface area contributed by atoms with Gasteiger partial charge in [-0.2, -0.15) is 0 Å². The number of amides is 2. The second kappa shape index (κ2) is 7.70. The van der Waals surface area contributed by atoms with Gasteiger partial charge in [0, 0.05) is 52.9 Å². The zero-order valence-corrected chi connectivity index (χ0v) is 18.2. The lowest BCUT2D eigenvalue weighted by atomic mass is 9.98. The predicted molar refractivity (Wildman–Crippen MR) is 107 cm³/mol. The van der Waals surface area contributed by atoms with Gasteiger partial charge in [0.2, 0.25) is 11.8 Å². The highest BCUT2D eigenvalue weighted by Crippen LogP contribution is 2.55. The van der Waals surface area contributed by atoms with Gasteiger partial charge < -0.3 is 9.80 Å². The third-order valence-electron chi connectivity index (χ3n) is 6.87. The molecule has 3 fully saturated rings. The Morgan fingerprint density at radius 3 is 2.15 bits per heavy atom. The van der Waals surface area contributed by atoms with Crippen LogP contribution in [0, 0.1) is 23.7 Å². The van der Waals surface area contributed by atoms with Gasteiger partial charge in [-0.25, -0.2) is 0 Å². The SMILES string of the molecule is CC(C)C1C(C2CC2CC(C)C2CN2CC(=O)N(C)C)N1CC(=O)N(C)C. The number of carbonyl (C=O) groups excluding carboxylic acids is 2. The van der Waals surface area contributed by atoms with Crippen LogP contribution in [0.4, 0.5) is 0 Å². The van der Waals surface area contributed by atoms with Crippen molar-refractivity contribution >= 4 is 11.8 Å². The Balaban J connectivity index is 1.44. The van der Waals surface area contributed by atoms with Gasteiger partial charge in [-0.05, 0) is 36.5 Å². The standard InChI is InChI=1S/C21H38N4O2/c1-13(2)20-21(25(20)12-19(27)23(6)7)16-9-15(16)8-14(3)17-10-24(17)11-18(26)22(4)5/h13-17,20-21H,8-12H2,1-7H3. The topological polar surface area (TPSA) is 46.6 Å². The van der Waals surface area contributed by atoms with E-state index in [1.165, 1.54) is 12.8 Å². The van der Waals surface area contributed by atoms with Crippen molar-refractivity contribution in [3.05, 3.63) is 0 Å². The molecule has 1 saturated carbocycles. The maximum Gasteiger partial charge on any atom is 0.236 e. The van der Waals surface area contributed by atoms with Crippen LogP contribution in [-0.4, -0.2) is 97.4 Å². The number of rotatable bonds is 9. The van der Waals surface area contributed by atoms with Crippen molar-refractivity contribution in [1.82, 2.24) is 19.6 Å². The molecule has 2 aliphatic heterocycles. The highest BCUT2D eigenvalue weighted by molar-refractivity contribution is 5.78. The molecule has 0 aromatic rings. The summed E-state index contributed by atoms with van der Waals surface area (Å²) in [6, 6.07) is 1.77. The van der Waals surface area contributed by atoms with Crippen molar-refractivity contribution in [2.45, 2.75) is 51.7 Å². The van der Waals surface area contributed by atoms with E-state index < -0.39 is 0 Å². The van der Waals surface area contributed by atoms with Crippen molar-refractivity contribution in [2.24, 2.45) is 23.7 Å². The van der Waals surface area contributed by atoms with E-state index >= 15 is 0 Å². The lowest BCUT2D eigenvalue weighted by molar-refractivity contribution is -0.129. The highest BCUT2D eigenvalue weighted by atomic mass is 16.2. The first-order valence-corrected chi connectivity index (χ1v) is 10.5. The lowest BCUT2D eigenvalue weighted by Gasteiger charge is -2.14. The molecular formula is C21H38N4O2. The van der Waals surface area contributed by atoms with E-state index in [1.54, 1.807) is 9.80 Å². The molecule has 3 rings (SSSR count). The summed E-state index contributed by atoms with van der Waals surface area (Å²) >= 11 is 0. The fourth-order valence-corrected chi connectivity index (χ4v) is 4.93. The summed E-state index contributed by atoms with van der Waals surface area (Å²) in [5.41, 5.74) is 0. The zero-order chi connectivity index (χ0) is 20.0. The first-order chi connectivity index (χ1) is 12.6. The second-order valence-corrected chi connectivity index (χ2v) is 9.84. The van der Waals surface area contributed by atoms with Crippen molar-refractivity contribution in [3.63, 3.8) is 0 Å². The van der Waals surface area contributed by atoms with Crippen LogP contribution in [0.25, 0.3) is 0 Å². The molecular weight excluding hydrogens is 340 g/mol. The first-order valence-electron chi connectivity index (χ1n) is 10.5. The molecule has 8 atom stereocenters. The van der Waals surface area contributed by atoms with Crippen LogP contribution in [0.1, 0.15) is 33.6 Å². The molecule has 8 unspecified atom stereocenters. The van der Waals surface area contributed by atoms with Crippen LogP contribution in [0.3, 0.4) is 0 Å². The monoisotopic (exact) mass is 378 g/mol. The molecule has 6 nitrogen and oxygen atoms in total. The van der Waals surface area contributed by atoms with Gasteiger partial charge in [0.05, 0.1) is 13.1 Å². The summed E-state index contributed by atoms with van der Waals surface area (Å²) in [5.74, 6) is 3.26. The molecule has 0 radical (unpaired) electrons. The number of nitrogens with zero attached hydrogens (tertiary/aromatic N) is 4. The van der Waals surface area contributed by atoms with E-state index in [4.69, 9.17) is 0 Å². The Morgan fingerprint density at radius 1 is 1.00 bits per heavy atom. The minimum absolute atomic E-state index is 0.202. The minimum Gasteiger partial charge on any atom is -0.348 e. The molecule has 2 amide bonds. The lowest BCUT2D eigenvalue weighted by Crippen LogP contribution is -2.30. The average Bonchev–Trinajstić information content (AvgIpc) is 3.42. The second-order valence-electron chi connectivity index (χ2n) is 9.84. The fraction of sp³-hybridized carbons (Fsp3) is 0.905. The molecule has 6 heteroatoms. The maximum atomic E-state index is 12.1. The van der Waals surface area contributed by atoms with Crippen LogP contribution in [0.5, 0.6) is 0 Å². The van der Waals surface area contributed by atoms with Crippen LogP contribution in [0.2, 0.25) is 0 Å². The van der Waals surface area contributed by atoms with Crippen molar-refractivity contribution in [1.29, 1.82) is 0 Å². The molecule has 0 aromatic carbocycles. The quantitative estimate of drug-likeness (QED) is 0.566. The van der Waals surface area contributed by atoms with Gasteiger partial charge in [-0.3, -0.25) is 19.4 Å². The van der Waals surface area contributed by atoms with Crippen LogP contribution >= 0.6 is 0 Å². The highest BCUT2D eigenvalue weighted by Gasteiger charge is 2.60. The van der Waals surface area contributed by atoms with Gasteiger partial charge in [0.1, 0.15) is 0 Å². The maximum absolute atomic E-state index is 12.1. The van der Waals surface area contributed by atoms with Gasteiger partial charge in [0.25, 0.3) is 0 Å². The van der Waals surface area contributed by atoms with Gasteiger partial charge >= 0.3 is 0 Å². The Morgan fingerprint density at radius 2 is 1.59 bits per heavy atom. The largest absolute Gasteiger partial charge is 0.348 e. The molecule has 154 valence electrons. The summed E-state index contributed by atoms with van der Waals surface area (Å²) in [4.78, 5) is 32.1. The molecule has 3 aliphatic rings. The third kappa shape index (κ3) is 4.65. The number of carbonyl (C=O) groups is 2. The average molecular weight is 379 g/mol. The minimum atomic E-state index is 0.202. The number of hydrogen-bond donors (Lipinski definition) is 0. The van der Waals surface area contributed by atoms with E-state index in [0.717, 1.165) is 18.4 Å². The third-order valence-corrected chi connectivity index (χ3v) is 6.87. The van der Waals surface area contributed by atoms with Crippen LogP contribution < -0.4 is 0 Å². The van der Waals surface area contributed by atoms with Crippen LogP contribution in [-0.2, 0) is 9.59 Å². The van der Waals surface area contributed by atoms with Crippen LogP contribution in [0.15, 0.2) is 0 Å². The summed E-state index contributed by atoms with van der Waals surface area (Å²) < 4.78 is 0. The smallest absolute Gasteiger partial charge is 0.236 e. The van der Waals surface area contributed by atoms with E-state index in [0.29, 0.717) is 43.1 Å². The van der Waals surface area contributed by atoms with Crippen molar-refractivity contribution < 1.29 is 9.59 Å². The summed E-state index contributed by atoms with van der Waals surface area (Å²) in [6.07, 6.45) is 2.58. The molecule has 2 heterocycles. The molecule has 2 saturated heterocycles. The predicted octanol–water partition coefficient (Wildman–Crippen LogP) is 1.22. The Labute approximate surface area is 164 Å². The van der Waals surface area contributed by atoms with Gasteiger partial charge in [-0.15, -0.1) is 0 Å². The fourth-order valence-electron chi connectivity index (χ4n) is 4.93. The summed E-state index contributed by atoms with van der Waals surface area (Å²) in [6.45, 7) is 9.11. The van der Waals surface area contributed by atoms with Gasteiger partial charge in [-0.1, -0.05) is 20.8 Å². The first kappa shape index (κ1) is 20.6. The van der Waals surface area contributed by atoms with Crippen molar-refractivity contribution in [2.75, 3.05) is 47.8 Å². The Kier molecular flexibility index (Phi) is 5.88. The van der Waals surface area contributed by atoms with E-state index in [9.17, 15) is 9.59 Å². The number of likely N-dealkylation sites (N-methyl/N-ethyl adjacent to an activating group) is 2. The van der Waals surface area contributed by atoms with E-state index in [2.05, 4.69) is 30.6 Å². The normalized spacial score (nSPS) is 37.7. The molecule has 0 aromatic heterocycles. The molecule has 0 spiro atoms. The van der Waals surface area contributed by atoms with Gasteiger partial charge in [0.15, 0.2) is 0 Å². The molecule has 27 heavy (non-hydrogen) atoms. The molecule has 0 N–H and O–H groups in total. The summed E-state index contributed by atoms with van der Waals surface area (Å²) in [7, 11) is 7.34. The summed E-state index contributed by atoms with van der Waals surface area (Å²) in [5, 5.41) is 0. The Bertz CT molecular complexity index is 577. The van der Waals surface area contributed by atoms with E-state index in [-0.39, 0.29) is 11.8 Å². The van der Waals surface area contributed by atoms with Crippen molar-refractivity contribution in [3.8, 4) is 0 Å². The molecule has 0 bridgehead atoms. The Hall–Kier alpha value is -1.14. The molecule has 1 aliphatic carbocycles. The zero-order valence-electron chi connectivity index (χ0n) is 18.2.